The maximum Gasteiger partial charge on any atom is 0.232 e. The molecule has 0 saturated carbocycles. The fourth-order valence-electron chi connectivity index (χ4n) is 3.21. The smallest absolute Gasteiger partial charge is 0.232 e. The largest absolute Gasteiger partial charge is 0.309 e. The first kappa shape index (κ1) is 25.3. The van der Waals surface area contributed by atoms with Crippen LogP contribution in [0.15, 0.2) is 12.1 Å². The molecule has 0 aliphatic heterocycles. The van der Waals surface area contributed by atoms with Gasteiger partial charge in [0.15, 0.2) is 5.82 Å². The van der Waals surface area contributed by atoms with Crippen molar-refractivity contribution in [3.63, 3.8) is 0 Å². The predicted octanol–water partition coefficient (Wildman–Crippen LogP) is 6.14. The van der Waals surface area contributed by atoms with Crippen LogP contribution in [0.4, 0.5) is 14.5 Å². The number of carbonyl (C=O) groups excluding carboxylic acids is 1. The van der Waals surface area contributed by atoms with Crippen molar-refractivity contribution >= 4 is 11.6 Å². The van der Waals surface area contributed by atoms with Gasteiger partial charge in [-0.25, -0.2) is 8.78 Å². The Labute approximate surface area is 172 Å². The number of amides is 1. The van der Waals surface area contributed by atoms with E-state index < -0.39 is 17.0 Å². The number of hydrogen-bond acceptors (Lipinski definition) is 1. The summed E-state index contributed by atoms with van der Waals surface area (Å²) in [4.78, 5) is 14.7. The van der Waals surface area contributed by atoms with Crippen LogP contribution < -0.4 is 4.90 Å². The molecule has 26 heavy (non-hydrogen) atoms. The Balaban J connectivity index is 0.00000625. The van der Waals surface area contributed by atoms with Gasteiger partial charge in [0.25, 0.3) is 0 Å². The molecule has 1 radical (unpaired) electrons. The van der Waals surface area contributed by atoms with Crippen LogP contribution in [-0.2, 0) is 26.5 Å². The van der Waals surface area contributed by atoms with E-state index in [1.807, 2.05) is 20.8 Å². The number of halogens is 2. The van der Waals surface area contributed by atoms with Crippen molar-refractivity contribution < 1.29 is 35.3 Å². The Bertz CT molecular complexity index is 563. The maximum atomic E-state index is 14.4. The van der Waals surface area contributed by atoms with E-state index in [-0.39, 0.29) is 33.3 Å². The number of nitrogens with zero attached hydrogens (tertiary/aromatic N) is 1. The number of hydrogen-bond donors (Lipinski definition) is 0. The van der Waals surface area contributed by atoms with Crippen molar-refractivity contribution in [2.75, 3.05) is 11.4 Å². The molecule has 0 spiro atoms. The van der Waals surface area contributed by atoms with Crippen LogP contribution in [0.1, 0.15) is 73.1 Å². The second kappa shape index (κ2) is 11.9. The molecule has 0 aliphatic carbocycles. The summed E-state index contributed by atoms with van der Waals surface area (Å²) in [5.41, 5.74) is -0.455. The van der Waals surface area contributed by atoms with Gasteiger partial charge in [0.1, 0.15) is 5.82 Å². The Morgan fingerprint density at radius 1 is 1.19 bits per heavy atom. The summed E-state index contributed by atoms with van der Waals surface area (Å²) in [6, 6.07) is 4.58. The molecule has 0 heterocycles. The van der Waals surface area contributed by atoms with Gasteiger partial charge in [-0.2, -0.15) is 0 Å². The molecule has 1 unspecified atom stereocenters. The fraction of sp³-hybridized carbons (Fsp3) is 0.667. The van der Waals surface area contributed by atoms with E-state index in [1.54, 1.807) is 0 Å². The van der Waals surface area contributed by atoms with Crippen molar-refractivity contribution in [2.24, 2.45) is 11.3 Å². The molecule has 5 heteroatoms. The normalized spacial score (nSPS) is 12.4. The number of rotatable bonds is 10. The van der Waals surface area contributed by atoms with Crippen molar-refractivity contribution in [2.45, 2.75) is 73.1 Å². The summed E-state index contributed by atoms with van der Waals surface area (Å²) >= 11 is 0. The first-order valence-electron chi connectivity index (χ1n) is 9.46. The topological polar surface area (TPSA) is 20.3 Å². The predicted molar refractivity (Wildman–Crippen MR) is 99.5 cm³/mol. The second-order valence-corrected chi connectivity index (χ2v) is 7.47. The monoisotopic (exact) mass is 400 g/mol. The summed E-state index contributed by atoms with van der Waals surface area (Å²) in [7, 11) is 0. The second-order valence-electron chi connectivity index (χ2n) is 7.47. The molecule has 1 aromatic rings. The van der Waals surface area contributed by atoms with Crippen LogP contribution in [0.3, 0.4) is 0 Å². The maximum absolute atomic E-state index is 14.4. The molecule has 0 bridgehead atoms. The molecule has 2 nitrogen and oxygen atoms in total. The minimum atomic E-state index is -0.800. The number of anilines is 1. The average molecular weight is 400 g/mol. The molecule has 0 aromatic heterocycles. The quantitative estimate of drug-likeness (QED) is 0.432. The summed E-state index contributed by atoms with van der Waals surface area (Å²) in [6.45, 7) is 10.5. The van der Waals surface area contributed by atoms with E-state index in [4.69, 9.17) is 0 Å². The molecule has 1 amide bonds. The molecule has 0 fully saturated rings. The zero-order chi connectivity index (χ0) is 19.0. The van der Waals surface area contributed by atoms with E-state index in [0.29, 0.717) is 12.5 Å². The van der Waals surface area contributed by atoms with Crippen LogP contribution >= 0.6 is 0 Å². The van der Waals surface area contributed by atoms with Gasteiger partial charge in [-0.1, -0.05) is 60.3 Å². The summed E-state index contributed by atoms with van der Waals surface area (Å²) in [5, 5.41) is 0. The third-order valence-corrected chi connectivity index (χ3v) is 4.82. The Morgan fingerprint density at radius 3 is 2.35 bits per heavy atom. The van der Waals surface area contributed by atoms with Crippen molar-refractivity contribution in [1.29, 1.82) is 0 Å². The van der Waals surface area contributed by atoms with Gasteiger partial charge < -0.3 is 4.90 Å². The van der Waals surface area contributed by atoms with Gasteiger partial charge in [-0.3, -0.25) is 4.79 Å². The zero-order valence-corrected chi connectivity index (χ0v) is 18.4. The van der Waals surface area contributed by atoms with Gasteiger partial charge in [0.05, 0.1) is 11.8 Å². The molecule has 1 rings (SSSR count). The van der Waals surface area contributed by atoms with Crippen molar-refractivity contribution in [3.05, 3.63) is 29.8 Å². The standard InChI is InChI=1S/C21H32F2NO.Ti/c1-6-9-10-16(8-3)15-24(20(25)21(4,5)13-7-2)19-12-11-17(22)14-18(19)23;/h11-12,16H,6-10,13,15H2,1-5H3;. The van der Waals surface area contributed by atoms with Crippen LogP contribution in [0.2, 0.25) is 0 Å². The summed E-state index contributed by atoms with van der Waals surface area (Å²) < 4.78 is 27.6. The van der Waals surface area contributed by atoms with Gasteiger partial charge in [-0.05, 0) is 30.9 Å². The van der Waals surface area contributed by atoms with Crippen LogP contribution in [0.25, 0.3) is 0 Å². The number of unbranched alkanes of at least 4 members (excludes halogenated alkanes) is 1. The first-order chi connectivity index (χ1) is 11.8. The molecule has 0 N–H and O–H groups in total. The van der Waals surface area contributed by atoms with Gasteiger partial charge >= 0.3 is 0 Å². The van der Waals surface area contributed by atoms with Crippen LogP contribution in [-0.4, -0.2) is 12.5 Å². The summed E-state index contributed by atoms with van der Waals surface area (Å²) in [5.74, 6) is -1.36. The third-order valence-electron chi connectivity index (χ3n) is 4.82. The number of carbonyl (C=O) groups is 1. The van der Waals surface area contributed by atoms with Crippen LogP contribution in [0.5, 0.6) is 0 Å². The summed E-state index contributed by atoms with van der Waals surface area (Å²) in [6.07, 6.45) is 5.68. The minimum Gasteiger partial charge on any atom is -0.309 e. The third kappa shape index (κ3) is 7.11. The van der Waals surface area contributed by atoms with Gasteiger partial charge in [-0.15, -0.1) is 0 Å². The molecule has 1 aromatic carbocycles. The minimum absolute atomic E-state index is 0. The van der Waals surface area contributed by atoms with E-state index in [1.165, 1.54) is 17.0 Å². The molecule has 1 atom stereocenters. The first-order valence-corrected chi connectivity index (χ1v) is 9.46. The fourth-order valence-corrected chi connectivity index (χ4v) is 3.21. The van der Waals surface area contributed by atoms with E-state index in [2.05, 4.69) is 19.9 Å². The zero-order valence-electron chi connectivity index (χ0n) is 16.8. The van der Waals surface area contributed by atoms with Gasteiger partial charge in [0.2, 0.25) is 5.91 Å². The molecule has 0 saturated heterocycles. The average Bonchev–Trinajstić information content (AvgIpc) is 2.55. The Kier molecular flexibility index (Phi) is 11.5. The Hall–Kier alpha value is -0.736. The van der Waals surface area contributed by atoms with E-state index in [9.17, 15) is 13.6 Å². The number of benzene rings is 1. The van der Waals surface area contributed by atoms with Crippen LogP contribution in [0, 0.1) is 29.0 Å². The SMILES string of the molecule is CCCCC(CC)CN(C(=O)C(C)(C)CCC)c1ccc(F)[c]c1F.[Ti]. The molecule has 145 valence electrons. The van der Waals surface area contributed by atoms with Gasteiger partial charge in [0, 0.05) is 33.7 Å². The van der Waals surface area contributed by atoms with E-state index >= 15 is 0 Å². The van der Waals surface area contributed by atoms with Crippen molar-refractivity contribution in [1.82, 2.24) is 0 Å². The Morgan fingerprint density at radius 2 is 1.85 bits per heavy atom. The van der Waals surface area contributed by atoms with Crippen molar-refractivity contribution in [3.8, 4) is 0 Å². The molecular formula is C21H32F2NOTi. The van der Waals surface area contributed by atoms with E-state index in [0.717, 1.165) is 38.5 Å². The molecular weight excluding hydrogens is 368 g/mol. The molecule has 0 aliphatic rings.